The average Bonchev–Trinajstić information content (AvgIpc) is 2.69. The number of nitrogens with zero attached hydrogens (tertiary/aromatic N) is 1. The maximum Gasteiger partial charge on any atom is 0.315 e. The molecule has 7 heteroatoms. The second kappa shape index (κ2) is 9.52. The molecule has 0 saturated carbocycles. The Kier molecular flexibility index (Phi) is 6.84. The number of halogens is 1. The molecule has 0 unspecified atom stereocenters. The van der Waals surface area contributed by atoms with Crippen molar-refractivity contribution in [3.63, 3.8) is 0 Å². The van der Waals surface area contributed by atoms with Gasteiger partial charge in [-0.1, -0.05) is 30.3 Å². The SMILES string of the molecule is O=C(NC[C@@H](O)c1cccc(O)c1)NC1CCN(Cc2ccccc2F)CC1. The van der Waals surface area contributed by atoms with Crippen LogP contribution in [0.25, 0.3) is 0 Å². The third-order valence-electron chi connectivity index (χ3n) is 4.99. The highest BCUT2D eigenvalue weighted by Gasteiger charge is 2.21. The number of aromatic hydroxyl groups is 1. The summed E-state index contributed by atoms with van der Waals surface area (Å²) in [7, 11) is 0. The van der Waals surface area contributed by atoms with Gasteiger partial charge in [-0.05, 0) is 36.6 Å². The summed E-state index contributed by atoms with van der Waals surface area (Å²) in [5.74, 6) is -0.115. The number of phenols is 1. The average molecular weight is 387 g/mol. The third-order valence-corrected chi connectivity index (χ3v) is 4.99. The molecule has 6 nitrogen and oxygen atoms in total. The minimum Gasteiger partial charge on any atom is -0.508 e. The maximum atomic E-state index is 13.8. The van der Waals surface area contributed by atoms with Crippen molar-refractivity contribution in [1.29, 1.82) is 0 Å². The van der Waals surface area contributed by atoms with Gasteiger partial charge in [-0.25, -0.2) is 9.18 Å². The van der Waals surface area contributed by atoms with Crippen molar-refractivity contribution in [2.45, 2.75) is 31.5 Å². The lowest BCUT2D eigenvalue weighted by Crippen LogP contribution is -2.48. The Morgan fingerprint density at radius 2 is 1.93 bits per heavy atom. The smallest absolute Gasteiger partial charge is 0.315 e. The lowest BCUT2D eigenvalue weighted by molar-refractivity contribution is 0.167. The van der Waals surface area contributed by atoms with Crippen molar-refractivity contribution in [1.82, 2.24) is 15.5 Å². The molecule has 2 aromatic carbocycles. The summed E-state index contributed by atoms with van der Waals surface area (Å²) in [6, 6.07) is 12.8. The van der Waals surface area contributed by atoms with Crippen molar-refractivity contribution < 1.29 is 19.4 Å². The van der Waals surface area contributed by atoms with E-state index in [0.29, 0.717) is 17.7 Å². The fourth-order valence-electron chi connectivity index (χ4n) is 3.38. The molecule has 4 N–H and O–H groups in total. The van der Waals surface area contributed by atoms with Crippen LogP contribution in [0.1, 0.15) is 30.1 Å². The van der Waals surface area contributed by atoms with Crippen molar-refractivity contribution in [2.75, 3.05) is 19.6 Å². The second-order valence-electron chi connectivity index (χ2n) is 7.11. The Balaban J connectivity index is 1.38. The first-order chi connectivity index (χ1) is 13.5. The van der Waals surface area contributed by atoms with Crippen LogP contribution in [0.3, 0.4) is 0 Å². The second-order valence-corrected chi connectivity index (χ2v) is 7.11. The van der Waals surface area contributed by atoms with Gasteiger partial charge in [-0.3, -0.25) is 4.90 Å². The van der Waals surface area contributed by atoms with Crippen molar-refractivity contribution in [3.8, 4) is 5.75 Å². The normalized spacial score (nSPS) is 16.5. The lowest BCUT2D eigenvalue weighted by Gasteiger charge is -2.32. The summed E-state index contributed by atoms with van der Waals surface area (Å²) in [6.45, 7) is 2.19. The van der Waals surface area contributed by atoms with Gasteiger partial charge >= 0.3 is 6.03 Å². The number of aliphatic hydroxyl groups is 1. The van der Waals surface area contributed by atoms with Gasteiger partial charge in [-0.15, -0.1) is 0 Å². The molecule has 1 fully saturated rings. The molecule has 1 aliphatic rings. The molecule has 150 valence electrons. The van der Waals surface area contributed by atoms with Crippen LogP contribution in [0.5, 0.6) is 5.75 Å². The first-order valence-corrected chi connectivity index (χ1v) is 9.48. The van der Waals surface area contributed by atoms with Crippen molar-refractivity contribution in [2.24, 2.45) is 0 Å². The van der Waals surface area contributed by atoms with E-state index in [1.807, 2.05) is 6.07 Å². The molecule has 0 spiro atoms. The summed E-state index contributed by atoms with van der Waals surface area (Å²) >= 11 is 0. The molecule has 1 heterocycles. The van der Waals surface area contributed by atoms with Crippen molar-refractivity contribution in [3.05, 3.63) is 65.5 Å². The van der Waals surface area contributed by atoms with E-state index in [4.69, 9.17) is 0 Å². The predicted octanol–water partition coefficient (Wildman–Crippen LogP) is 2.53. The van der Waals surface area contributed by atoms with Gasteiger partial charge in [-0.2, -0.15) is 0 Å². The van der Waals surface area contributed by atoms with E-state index in [1.54, 1.807) is 24.3 Å². The number of phenolic OH excluding ortho intramolecular Hbond substituents is 1. The molecule has 3 rings (SSSR count). The monoisotopic (exact) mass is 387 g/mol. The number of rotatable bonds is 6. The topological polar surface area (TPSA) is 84.8 Å². The van der Waals surface area contributed by atoms with Crippen LogP contribution in [-0.4, -0.2) is 46.8 Å². The molecule has 0 bridgehead atoms. The molecule has 1 aliphatic heterocycles. The van der Waals surface area contributed by atoms with Crippen LogP contribution in [0.15, 0.2) is 48.5 Å². The largest absolute Gasteiger partial charge is 0.508 e. The molecule has 0 radical (unpaired) electrons. The first kappa shape index (κ1) is 20.1. The lowest BCUT2D eigenvalue weighted by atomic mass is 10.0. The number of carbonyl (C=O) groups is 1. The summed E-state index contributed by atoms with van der Waals surface area (Å²) in [4.78, 5) is 14.3. The summed E-state index contributed by atoms with van der Waals surface area (Å²) < 4.78 is 13.8. The summed E-state index contributed by atoms with van der Waals surface area (Å²) in [5.41, 5.74) is 1.23. The number of nitrogens with one attached hydrogen (secondary N) is 2. The highest BCUT2D eigenvalue weighted by molar-refractivity contribution is 5.74. The number of benzene rings is 2. The number of likely N-dealkylation sites (tertiary alicyclic amines) is 1. The number of aliphatic hydroxyl groups excluding tert-OH is 1. The maximum absolute atomic E-state index is 13.8. The fourth-order valence-corrected chi connectivity index (χ4v) is 3.38. The molecule has 1 saturated heterocycles. The van der Waals surface area contributed by atoms with Crippen LogP contribution in [0, 0.1) is 5.82 Å². The van der Waals surface area contributed by atoms with Gasteiger partial charge in [0, 0.05) is 37.8 Å². The molecule has 0 aromatic heterocycles. The Labute approximate surface area is 164 Å². The molecule has 28 heavy (non-hydrogen) atoms. The van der Waals surface area contributed by atoms with E-state index < -0.39 is 6.10 Å². The number of urea groups is 1. The van der Waals surface area contributed by atoms with E-state index in [-0.39, 0.29) is 30.2 Å². The van der Waals surface area contributed by atoms with Crippen LogP contribution < -0.4 is 10.6 Å². The van der Waals surface area contributed by atoms with Gasteiger partial charge in [0.2, 0.25) is 0 Å². The number of amides is 2. The molecule has 2 aromatic rings. The molecule has 2 amide bonds. The Morgan fingerprint density at radius 3 is 2.64 bits per heavy atom. The van der Waals surface area contributed by atoms with E-state index >= 15 is 0 Å². The van der Waals surface area contributed by atoms with E-state index in [2.05, 4.69) is 15.5 Å². The number of carbonyl (C=O) groups excluding carboxylic acids is 1. The van der Waals surface area contributed by atoms with Crippen LogP contribution in [0.2, 0.25) is 0 Å². The standard InChI is InChI=1S/C21H26FN3O3/c22-19-7-2-1-4-16(19)14-25-10-8-17(9-11-25)24-21(28)23-13-20(27)15-5-3-6-18(26)12-15/h1-7,12,17,20,26-27H,8-11,13-14H2,(H2,23,24,28)/t20-/m1/s1. The van der Waals surface area contributed by atoms with Gasteiger partial charge in [0.15, 0.2) is 0 Å². The highest BCUT2D eigenvalue weighted by Crippen LogP contribution is 2.18. The van der Waals surface area contributed by atoms with E-state index in [0.717, 1.165) is 25.9 Å². The highest BCUT2D eigenvalue weighted by atomic mass is 19.1. The summed E-state index contributed by atoms with van der Waals surface area (Å²) in [5, 5.41) is 25.1. The zero-order valence-electron chi connectivity index (χ0n) is 15.6. The number of hydrogen-bond donors (Lipinski definition) is 4. The zero-order valence-corrected chi connectivity index (χ0v) is 15.6. The molecule has 1 atom stereocenters. The fraction of sp³-hybridized carbons (Fsp3) is 0.381. The number of piperidine rings is 1. The zero-order chi connectivity index (χ0) is 19.9. The first-order valence-electron chi connectivity index (χ1n) is 9.48. The number of hydrogen-bond acceptors (Lipinski definition) is 4. The minimum atomic E-state index is -0.888. The molecular formula is C21H26FN3O3. The van der Waals surface area contributed by atoms with Crippen LogP contribution in [0.4, 0.5) is 9.18 Å². The molecule has 0 aliphatic carbocycles. The van der Waals surface area contributed by atoms with Crippen LogP contribution in [-0.2, 0) is 6.54 Å². The third kappa shape index (κ3) is 5.68. The van der Waals surface area contributed by atoms with Crippen LogP contribution >= 0.6 is 0 Å². The Hall–Kier alpha value is -2.64. The summed E-state index contributed by atoms with van der Waals surface area (Å²) in [6.07, 6.45) is 0.689. The van der Waals surface area contributed by atoms with Crippen molar-refractivity contribution >= 4 is 6.03 Å². The van der Waals surface area contributed by atoms with E-state index in [9.17, 15) is 19.4 Å². The quantitative estimate of drug-likeness (QED) is 0.614. The molecular weight excluding hydrogens is 361 g/mol. The van der Waals surface area contributed by atoms with Gasteiger partial charge in [0.25, 0.3) is 0 Å². The Bertz CT molecular complexity index is 794. The van der Waals surface area contributed by atoms with Gasteiger partial charge in [0.1, 0.15) is 11.6 Å². The minimum absolute atomic E-state index is 0.0507. The van der Waals surface area contributed by atoms with E-state index in [1.165, 1.54) is 18.2 Å². The Morgan fingerprint density at radius 1 is 1.18 bits per heavy atom. The van der Waals surface area contributed by atoms with Gasteiger partial charge in [0.05, 0.1) is 6.10 Å². The predicted molar refractivity (Wildman–Crippen MR) is 104 cm³/mol. The van der Waals surface area contributed by atoms with Gasteiger partial charge < -0.3 is 20.8 Å².